The van der Waals surface area contributed by atoms with Crippen LogP contribution in [0.1, 0.15) is 14.7 Å². The maximum Gasteiger partial charge on any atom is 0.339 e. The molecule has 0 radical (unpaired) electrons. The van der Waals surface area contributed by atoms with Crippen LogP contribution in [0.2, 0.25) is 0 Å². The van der Waals surface area contributed by atoms with E-state index >= 15 is 0 Å². The predicted octanol–water partition coefficient (Wildman–Crippen LogP) is -0.654. The van der Waals surface area contributed by atoms with Crippen molar-refractivity contribution in [1.82, 2.24) is 10.3 Å². The molecule has 0 bridgehead atoms. The van der Waals surface area contributed by atoms with Crippen LogP contribution in [0, 0.1) is 6.92 Å². The predicted molar refractivity (Wildman–Crippen MR) is 67.9 cm³/mol. The highest BCUT2D eigenvalue weighted by Crippen LogP contribution is 2.31. The van der Waals surface area contributed by atoms with Crippen molar-refractivity contribution in [3.05, 3.63) is 16.1 Å². The lowest BCUT2D eigenvalue weighted by Crippen LogP contribution is -2.23. The molecule has 1 rings (SSSR count). The van der Waals surface area contributed by atoms with E-state index in [2.05, 4.69) is 10.3 Å². The highest BCUT2D eigenvalue weighted by molar-refractivity contribution is 7.51. The molecule has 0 saturated heterocycles. The molecule has 1 aromatic rings. The Kier molecular flexibility index (Phi) is 7.42. The number of rotatable bonds is 5. The summed E-state index contributed by atoms with van der Waals surface area (Å²) in [4.78, 5) is 40.9. The zero-order chi connectivity index (χ0) is 15.1. The van der Waals surface area contributed by atoms with Crippen molar-refractivity contribution in [2.24, 2.45) is 5.73 Å². The van der Waals surface area contributed by atoms with Crippen molar-refractivity contribution in [3.63, 3.8) is 0 Å². The highest BCUT2D eigenvalue weighted by atomic mass is 32.1. The molecule has 1 amide bonds. The molecule has 0 aliphatic carbocycles. The second kappa shape index (κ2) is 7.97. The molecule has 19 heavy (non-hydrogen) atoms. The maximum atomic E-state index is 10.4. The van der Waals surface area contributed by atoms with Gasteiger partial charge in [0, 0.05) is 0 Å². The third-order valence-corrected chi connectivity index (χ3v) is 3.02. The fourth-order valence-electron chi connectivity index (χ4n) is 0.784. The van der Waals surface area contributed by atoms with Gasteiger partial charge < -0.3 is 20.6 Å². The van der Waals surface area contributed by atoms with Crippen molar-refractivity contribution in [2.45, 2.75) is 6.92 Å². The van der Waals surface area contributed by atoms with Crippen LogP contribution in [0.3, 0.4) is 0 Å². The Bertz CT molecular complexity index is 485. The lowest BCUT2D eigenvalue weighted by atomic mass is 10.5. The van der Waals surface area contributed by atoms with Gasteiger partial charge in [-0.15, -0.1) is 11.3 Å². The Labute approximate surface area is 112 Å². The SMILES string of the molecule is Cc1ncc(C(N)=O)s1.O=C(O)CNCP(=O)(O)O. The summed E-state index contributed by atoms with van der Waals surface area (Å²) in [6.07, 6.45) is 0.891. The van der Waals surface area contributed by atoms with Crippen LogP contribution in [0.15, 0.2) is 6.20 Å². The van der Waals surface area contributed by atoms with Crippen molar-refractivity contribution >= 4 is 30.8 Å². The Balaban J connectivity index is 0.000000342. The van der Waals surface area contributed by atoms with Gasteiger partial charge in [0.15, 0.2) is 0 Å². The maximum absolute atomic E-state index is 10.4. The third-order valence-electron chi connectivity index (χ3n) is 1.46. The van der Waals surface area contributed by atoms with Crippen LogP contribution in [-0.2, 0) is 9.36 Å². The van der Waals surface area contributed by atoms with E-state index < -0.39 is 32.3 Å². The Morgan fingerprint density at radius 1 is 1.53 bits per heavy atom. The summed E-state index contributed by atoms with van der Waals surface area (Å²) >= 11 is 1.31. The van der Waals surface area contributed by atoms with Crippen molar-refractivity contribution < 1.29 is 29.0 Å². The number of hydrogen-bond acceptors (Lipinski definition) is 6. The average molecular weight is 311 g/mol. The largest absolute Gasteiger partial charge is 0.480 e. The number of aryl methyl sites for hydroxylation is 1. The molecule has 0 fully saturated rings. The number of nitrogens with one attached hydrogen (secondary N) is 1. The van der Waals surface area contributed by atoms with E-state index in [-0.39, 0.29) is 0 Å². The summed E-state index contributed by atoms with van der Waals surface area (Å²) in [5.41, 5.74) is 4.96. The number of nitrogens with two attached hydrogens (primary N) is 1. The smallest absolute Gasteiger partial charge is 0.339 e. The summed E-state index contributed by atoms with van der Waals surface area (Å²) in [5.74, 6) is -1.55. The lowest BCUT2D eigenvalue weighted by molar-refractivity contribution is -0.135. The third kappa shape index (κ3) is 10.3. The van der Waals surface area contributed by atoms with Crippen molar-refractivity contribution in [2.75, 3.05) is 12.8 Å². The number of hydrogen-bond donors (Lipinski definition) is 5. The molecular weight excluding hydrogens is 297 g/mol. The number of carbonyl (C=O) groups is 2. The van der Waals surface area contributed by atoms with Crippen LogP contribution >= 0.6 is 18.9 Å². The molecule has 0 saturated carbocycles. The zero-order valence-corrected chi connectivity index (χ0v) is 11.6. The minimum Gasteiger partial charge on any atom is -0.480 e. The van der Waals surface area contributed by atoms with E-state index in [4.69, 9.17) is 20.6 Å². The van der Waals surface area contributed by atoms with Crippen molar-refractivity contribution in [1.29, 1.82) is 0 Å². The number of nitrogens with zero attached hydrogens (tertiary/aromatic N) is 1. The van der Waals surface area contributed by atoms with E-state index in [1.807, 2.05) is 6.92 Å². The van der Waals surface area contributed by atoms with Gasteiger partial charge >= 0.3 is 13.6 Å². The Hall–Kier alpha value is -1.32. The van der Waals surface area contributed by atoms with Crippen LogP contribution in [0.5, 0.6) is 0 Å². The molecule has 0 unspecified atom stereocenters. The standard InChI is InChI=1S/C5H6N2OS.C3H8NO5P/c1-3-7-2-4(9-3)5(6)8;5-3(6)1-4-2-10(7,8)9/h2H,1H3,(H2,6,8);4H,1-2H2,(H,5,6)(H2,7,8,9). The molecule has 1 aromatic heterocycles. The van der Waals surface area contributed by atoms with Crippen LogP contribution in [0.25, 0.3) is 0 Å². The summed E-state index contributed by atoms with van der Waals surface area (Å²) in [6.45, 7) is 1.39. The first-order valence-corrected chi connectivity index (χ1v) is 7.42. The molecule has 0 spiro atoms. The topological polar surface area (TPSA) is 163 Å². The first kappa shape index (κ1) is 17.7. The summed E-state index contributed by atoms with van der Waals surface area (Å²) < 4.78 is 10.1. The highest BCUT2D eigenvalue weighted by Gasteiger charge is 2.11. The second-order valence-corrected chi connectivity index (χ2v) is 6.13. The number of aromatic nitrogens is 1. The molecule has 0 aliphatic rings. The Morgan fingerprint density at radius 3 is 2.37 bits per heavy atom. The van der Waals surface area contributed by atoms with E-state index in [0.29, 0.717) is 4.88 Å². The molecule has 1 heterocycles. The molecule has 9 nitrogen and oxygen atoms in total. The van der Waals surface area contributed by atoms with Crippen LogP contribution < -0.4 is 11.1 Å². The van der Waals surface area contributed by atoms with Crippen molar-refractivity contribution in [3.8, 4) is 0 Å². The van der Waals surface area contributed by atoms with Gasteiger partial charge in [-0.25, -0.2) is 4.98 Å². The van der Waals surface area contributed by atoms with Crippen LogP contribution in [-0.4, -0.2) is 44.6 Å². The molecule has 0 aromatic carbocycles. The number of primary amides is 1. The number of aliphatic carboxylic acids is 1. The zero-order valence-electron chi connectivity index (χ0n) is 9.94. The lowest BCUT2D eigenvalue weighted by Gasteiger charge is -2.02. The number of carbonyl (C=O) groups excluding carboxylic acids is 1. The molecular formula is C8H14N3O6PS. The van der Waals surface area contributed by atoms with E-state index in [1.54, 1.807) is 0 Å². The monoisotopic (exact) mass is 311 g/mol. The molecule has 0 atom stereocenters. The molecule has 108 valence electrons. The average Bonchev–Trinajstić information content (AvgIpc) is 2.63. The Morgan fingerprint density at radius 2 is 2.11 bits per heavy atom. The van der Waals surface area contributed by atoms with Gasteiger partial charge in [0.1, 0.15) is 4.88 Å². The van der Waals surface area contributed by atoms with E-state index in [1.165, 1.54) is 17.5 Å². The molecule has 0 aliphatic heterocycles. The normalized spacial score (nSPS) is 10.5. The summed E-state index contributed by atoms with van der Waals surface area (Å²) in [5, 5.41) is 10.9. The van der Waals surface area contributed by atoms with E-state index in [9.17, 15) is 14.2 Å². The minimum atomic E-state index is -4.10. The van der Waals surface area contributed by atoms with Gasteiger partial charge in [-0.1, -0.05) is 0 Å². The quantitative estimate of drug-likeness (QED) is 0.448. The minimum absolute atomic E-state index is 0.402. The number of carboxylic acids is 1. The number of amides is 1. The van der Waals surface area contributed by atoms with Gasteiger partial charge in [-0.2, -0.15) is 0 Å². The van der Waals surface area contributed by atoms with Gasteiger partial charge in [0.25, 0.3) is 5.91 Å². The van der Waals surface area contributed by atoms with Crippen LogP contribution in [0.4, 0.5) is 0 Å². The van der Waals surface area contributed by atoms with Gasteiger partial charge in [0.2, 0.25) is 0 Å². The summed E-state index contributed by atoms with van der Waals surface area (Å²) in [6, 6.07) is 0. The van der Waals surface area contributed by atoms with Gasteiger partial charge in [-0.05, 0) is 6.92 Å². The van der Waals surface area contributed by atoms with Gasteiger partial charge in [-0.3, -0.25) is 19.5 Å². The second-order valence-electron chi connectivity index (χ2n) is 3.25. The molecule has 11 heteroatoms. The fourth-order valence-corrected chi connectivity index (χ4v) is 1.82. The number of carboxylic acid groups (broad SMARTS) is 1. The van der Waals surface area contributed by atoms with Gasteiger partial charge in [0.05, 0.1) is 24.0 Å². The number of thiazole rings is 1. The fraction of sp³-hybridized carbons (Fsp3) is 0.375. The molecule has 6 N–H and O–H groups in total. The van der Waals surface area contributed by atoms with E-state index in [0.717, 1.165) is 5.01 Å². The first-order chi connectivity index (χ1) is 8.61. The first-order valence-electron chi connectivity index (χ1n) is 4.81. The summed E-state index contributed by atoms with van der Waals surface area (Å²) in [7, 11) is -4.10.